The summed E-state index contributed by atoms with van der Waals surface area (Å²) < 4.78 is 25.7. The first kappa shape index (κ1) is 16.3. The van der Waals surface area contributed by atoms with Crippen LogP contribution in [0.25, 0.3) is 0 Å². The first-order valence-corrected chi connectivity index (χ1v) is 8.88. The molecule has 1 heterocycles. The van der Waals surface area contributed by atoms with Crippen molar-refractivity contribution in [2.45, 2.75) is 6.61 Å². The Hall–Kier alpha value is -1.53. The number of benzene rings is 2. The van der Waals surface area contributed by atoms with Gasteiger partial charge in [-0.15, -0.1) is 11.8 Å². The number of rotatable bonds is 5. The van der Waals surface area contributed by atoms with Gasteiger partial charge in [-0.25, -0.2) is 4.39 Å². The SMILES string of the molecule is COc1cc(C2=NCCS2)cc(Br)c1OCc1ccccc1F. The maximum absolute atomic E-state index is 13.7. The number of hydrogen-bond donors (Lipinski definition) is 0. The van der Waals surface area contributed by atoms with Crippen LogP contribution in [0.4, 0.5) is 4.39 Å². The zero-order valence-electron chi connectivity index (χ0n) is 12.5. The highest BCUT2D eigenvalue weighted by Gasteiger charge is 2.17. The van der Waals surface area contributed by atoms with Gasteiger partial charge in [0.2, 0.25) is 0 Å². The summed E-state index contributed by atoms with van der Waals surface area (Å²) in [5.74, 6) is 1.88. The first-order valence-electron chi connectivity index (χ1n) is 7.10. The minimum atomic E-state index is -0.282. The molecule has 0 fully saturated rings. The van der Waals surface area contributed by atoms with E-state index in [2.05, 4.69) is 20.9 Å². The maximum Gasteiger partial charge on any atom is 0.175 e. The predicted molar refractivity (Wildman–Crippen MR) is 95.3 cm³/mol. The summed E-state index contributed by atoms with van der Waals surface area (Å²) in [5, 5.41) is 1.00. The van der Waals surface area contributed by atoms with Crippen LogP contribution in [0.1, 0.15) is 11.1 Å². The number of hydrogen-bond acceptors (Lipinski definition) is 4. The molecule has 0 unspecified atom stereocenters. The average Bonchev–Trinajstić information content (AvgIpc) is 3.09. The smallest absolute Gasteiger partial charge is 0.175 e. The van der Waals surface area contributed by atoms with Crippen molar-refractivity contribution >= 4 is 32.7 Å². The van der Waals surface area contributed by atoms with Crippen molar-refractivity contribution in [2.24, 2.45) is 4.99 Å². The topological polar surface area (TPSA) is 30.8 Å². The lowest BCUT2D eigenvalue weighted by Gasteiger charge is -2.14. The van der Waals surface area contributed by atoms with Crippen LogP contribution in [-0.2, 0) is 6.61 Å². The summed E-state index contributed by atoms with van der Waals surface area (Å²) in [6.45, 7) is 0.974. The molecule has 1 aliphatic heterocycles. The van der Waals surface area contributed by atoms with E-state index < -0.39 is 0 Å². The van der Waals surface area contributed by atoms with E-state index in [1.807, 2.05) is 12.1 Å². The molecule has 2 aromatic rings. The van der Waals surface area contributed by atoms with Gasteiger partial charge in [0, 0.05) is 23.4 Å². The summed E-state index contributed by atoms with van der Waals surface area (Å²) in [7, 11) is 1.59. The molecule has 0 bridgehead atoms. The molecule has 0 saturated heterocycles. The molecular formula is C17H15BrFNO2S. The van der Waals surface area contributed by atoms with Gasteiger partial charge in [0.15, 0.2) is 11.5 Å². The lowest BCUT2D eigenvalue weighted by molar-refractivity contribution is 0.278. The van der Waals surface area contributed by atoms with Gasteiger partial charge in [-0.05, 0) is 34.1 Å². The van der Waals surface area contributed by atoms with Crippen LogP contribution in [0.15, 0.2) is 45.9 Å². The number of thioether (sulfide) groups is 1. The van der Waals surface area contributed by atoms with E-state index in [0.717, 1.165) is 27.4 Å². The molecule has 0 saturated carbocycles. The molecule has 6 heteroatoms. The van der Waals surface area contributed by atoms with Crippen LogP contribution in [-0.4, -0.2) is 24.5 Å². The number of methoxy groups -OCH3 is 1. The second-order valence-corrected chi connectivity index (χ2v) is 6.84. The Labute approximate surface area is 147 Å². The van der Waals surface area contributed by atoms with Crippen molar-refractivity contribution in [2.75, 3.05) is 19.4 Å². The number of halogens is 2. The van der Waals surface area contributed by atoms with Gasteiger partial charge in [-0.1, -0.05) is 18.2 Å². The van der Waals surface area contributed by atoms with E-state index in [0.29, 0.717) is 17.1 Å². The van der Waals surface area contributed by atoms with Crippen molar-refractivity contribution in [3.05, 3.63) is 57.8 Å². The maximum atomic E-state index is 13.7. The molecule has 120 valence electrons. The molecule has 1 aliphatic rings. The third kappa shape index (κ3) is 3.70. The number of aliphatic imine (C=N–C) groups is 1. The zero-order valence-corrected chi connectivity index (χ0v) is 14.9. The van der Waals surface area contributed by atoms with Crippen LogP contribution >= 0.6 is 27.7 Å². The van der Waals surface area contributed by atoms with Crippen molar-refractivity contribution < 1.29 is 13.9 Å². The van der Waals surface area contributed by atoms with E-state index in [-0.39, 0.29) is 12.4 Å². The minimum Gasteiger partial charge on any atom is -0.493 e. The third-order valence-corrected chi connectivity index (χ3v) is 5.01. The van der Waals surface area contributed by atoms with Gasteiger partial charge in [0.1, 0.15) is 12.4 Å². The van der Waals surface area contributed by atoms with E-state index in [4.69, 9.17) is 9.47 Å². The summed E-state index contributed by atoms with van der Waals surface area (Å²) >= 11 is 5.24. The summed E-state index contributed by atoms with van der Waals surface area (Å²) in [6, 6.07) is 10.4. The Morgan fingerprint density at radius 3 is 2.83 bits per heavy atom. The van der Waals surface area contributed by atoms with Crippen LogP contribution in [0, 0.1) is 5.82 Å². The Bertz CT molecular complexity index is 751. The fraction of sp³-hybridized carbons (Fsp3) is 0.235. The van der Waals surface area contributed by atoms with Gasteiger partial charge in [0.05, 0.1) is 16.6 Å². The molecule has 3 nitrogen and oxygen atoms in total. The third-order valence-electron chi connectivity index (χ3n) is 3.39. The number of ether oxygens (including phenoxy) is 2. The fourth-order valence-corrected chi connectivity index (χ4v) is 3.66. The van der Waals surface area contributed by atoms with E-state index >= 15 is 0 Å². The van der Waals surface area contributed by atoms with Crippen LogP contribution in [0.5, 0.6) is 11.5 Å². The minimum absolute atomic E-state index is 0.136. The van der Waals surface area contributed by atoms with Crippen LogP contribution < -0.4 is 9.47 Å². The summed E-state index contributed by atoms with van der Waals surface area (Å²) in [5.41, 5.74) is 1.50. The highest BCUT2D eigenvalue weighted by molar-refractivity contribution is 9.10. The Morgan fingerprint density at radius 1 is 1.30 bits per heavy atom. The fourth-order valence-electron chi connectivity index (χ4n) is 2.26. The summed E-state index contributed by atoms with van der Waals surface area (Å²) in [4.78, 5) is 4.47. The monoisotopic (exact) mass is 395 g/mol. The molecule has 3 rings (SSSR count). The Kier molecular flexibility index (Phi) is 5.23. The predicted octanol–water partition coefficient (Wildman–Crippen LogP) is 4.67. The molecule has 0 N–H and O–H groups in total. The van der Waals surface area contributed by atoms with Crippen molar-refractivity contribution in [1.29, 1.82) is 0 Å². The van der Waals surface area contributed by atoms with Crippen LogP contribution in [0.3, 0.4) is 0 Å². The van der Waals surface area contributed by atoms with Gasteiger partial charge in [0.25, 0.3) is 0 Å². The Morgan fingerprint density at radius 2 is 2.13 bits per heavy atom. The zero-order chi connectivity index (χ0) is 16.2. The largest absolute Gasteiger partial charge is 0.493 e. The molecule has 0 atom stereocenters. The number of nitrogens with zero attached hydrogens (tertiary/aromatic N) is 1. The van der Waals surface area contributed by atoms with Gasteiger partial charge in [-0.2, -0.15) is 0 Å². The van der Waals surface area contributed by atoms with Crippen molar-refractivity contribution in [3.63, 3.8) is 0 Å². The van der Waals surface area contributed by atoms with E-state index in [1.54, 1.807) is 37.1 Å². The molecule has 2 aromatic carbocycles. The standard InChI is InChI=1S/C17H15BrFNO2S/c1-21-15-9-12(17-20-6-7-23-17)8-13(18)16(15)22-10-11-4-2-3-5-14(11)19/h2-5,8-9H,6-7,10H2,1H3. The molecule has 23 heavy (non-hydrogen) atoms. The first-order chi connectivity index (χ1) is 11.2. The van der Waals surface area contributed by atoms with Crippen molar-refractivity contribution in [1.82, 2.24) is 0 Å². The molecule has 0 amide bonds. The van der Waals surface area contributed by atoms with Gasteiger partial charge in [-0.3, -0.25) is 4.99 Å². The molecule has 0 spiro atoms. The molecular weight excluding hydrogens is 381 g/mol. The average molecular weight is 396 g/mol. The summed E-state index contributed by atoms with van der Waals surface area (Å²) in [6.07, 6.45) is 0. The molecule has 0 aromatic heterocycles. The van der Waals surface area contributed by atoms with Crippen molar-refractivity contribution in [3.8, 4) is 11.5 Å². The normalized spacial score (nSPS) is 13.8. The second-order valence-electron chi connectivity index (χ2n) is 4.90. The quantitative estimate of drug-likeness (QED) is 0.736. The van der Waals surface area contributed by atoms with Gasteiger partial charge < -0.3 is 9.47 Å². The van der Waals surface area contributed by atoms with Crippen LogP contribution in [0.2, 0.25) is 0 Å². The highest BCUT2D eigenvalue weighted by Crippen LogP contribution is 2.38. The lowest BCUT2D eigenvalue weighted by Crippen LogP contribution is -2.02. The van der Waals surface area contributed by atoms with E-state index in [1.165, 1.54) is 6.07 Å². The van der Waals surface area contributed by atoms with E-state index in [9.17, 15) is 4.39 Å². The highest BCUT2D eigenvalue weighted by atomic mass is 79.9. The molecule has 0 radical (unpaired) electrons. The lowest BCUT2D eigenvalue weighted by atomic mass is 10.2. The molecule has 0 aliphatic carbocycles. The Balaban J connectivity index is 1.85. The second kappa shape index (κ2) is 7.36. The van der Waals surface area contributed by atoms with Gasteiger partial charge >= 0.3 is 0 Å².